The number of nitrogens with one attached hydrogen (secondary N) is 1. The summed E-state index contributed by atoms with van der Waals surface area (Å²) in [6.07, 6.45) is 4.03. The SMILES string of the molecule is CCCCN1C(=S)N[C@H](c2ccccn2)[C@H]1c1ccc(Sc2ccc(C)cc2)o1. The van der Waals surface area contributed by atoms with Crippen molar-refractivity contribution in [3.05, 3.63) is 77.8 Å². The molecule has 29 heavy (non-hydrogen) atoms. The van der Waals surface area contributed by atoms with E-state index in [9.17, 15) is 0 Å². The Kier molecular flexibility index (Phi) is 6.21. The van der Waals surface area contributed by atoms with Crippen LogP contribution < -0.4 is 5.32 Å². The van der Waals surface area contributed by atoms with Gasteiger partial charge in [-0.15, -0.1) is 0 Å². The van der Waals surface area contributed by atoms with Crippen LogP contribution in [0.4, 0.5) is 0 Å². The predicted molar refractivity (Wildman–Crippen MR) is 121 cm³/mol. The number of benzene rings is 1. The van der Waals surface area contributed by atoms with Crippen LogP contribution in [0.3, 0.4) is 0 Å². The molecule has 0 amide bonds. The minimum absolute atomic E-state index is 0.00341. The van der Waals surface area contributed by atoms with Crippen molar-refractivity contribution in [2.45, 2.75) is 48.8 Å². The third kappa shape index (κ3) is 4.49. The lowest BCUT2D eigenvalue weighted by molar-refractivity contribution is 0.257. The van der Waals surface area contributed by atoms with Gasteiger partial charge in [-0.25, -0.2) is 0 Å². The highest BCUT2D eigenvalue weighted by Crippen LogP contribution is 2.41. The first-order chi connectivity index (χ1) is 14.2. The normalized spacial score (nSPS) is 18.8. The van der Waals surface area contributed by atoms with Crippen molar-refractivity contribution in [1.82, 2.24) is 15.2 Å². The molecule has 0 bridgehead atoms. The van der Waals surface area contributed by atoms with Gasteiger partial charge in [-0.1, -0.05) is 48.9 Å². The number of hydrogen-bond acceptors (Lipinski definition) is 4. The van der Waals surface area contributed by atoms with Crippen LogP contribution in [-0.4, -0.2) is 21.5 Å². The molecule has 4 nitrogen and oxygen atoms in total. The fourth-order valence-corrected chi connectivity index (χ4v) is 4.66. The minimum Gasteiger partial charge on any atom is -0.452 e. The highest BCUT2D eigenvalue weighted by Gasteiger charge is 2.41. The van der Waals surface area contributed by atoms with E-state index in [0.29, 0.717) is 0 Å². The quantitative estimate of drug-likeness (QED) is 0.477. The number of unbranched alkanes of at least 4 members (excludes halogenated alkanes) is 1. The zero-order valence-corrected chi connectivity index (χ0v) is 18.3. The van der Waals surface area contributed by atoms with Crippen LogP contribution in [0.15, 0.2) is 75.2 Å². The summed E-state index contributed by atoms with van der Waals surface area (Å²) in [7, 11) is 0. The Morgan fingerprint density at radius 1 is 1.14 bits per heavy atom. The first-order valence-corrected chi connectivity index (χ1v) is 11.2. The largest absolute Gasteiger partial charge is 0.452 e. The standard InChI is InChI=1S/C23H25N3OS2/c1-3-4-15-26-22(21(25-23(26)28)18-7-5-6-14-24-18)19-12-13-20(27-19)29-17-10-8-16(2)9-11-17/h5-14,21-22H,3-4,15H2,1-2H3,(H,25,28)/t21-,22-/m1/s1. The van der Waals surface area contributed by atoms with Crippen LogP contribution in [0, 0.1) is 6.92 Å². The van der Waals surface area contributed by atoms with E-state index in [4.69, 9.17) is 16.6 Å². The van der Waals surface area contributed by atoms with Crippen molar-refractivity contribution in [1.29, 1.82) is 0 Å². The number of aromatic nitrogens is 1. The second-order valence-electron chi connectivity index (χ2n) is 7.25. The van der Waals surface area contributed by atoms with Crippen LogP contribution in [0.25, 0.3) is 0 Å². The average Bonchev–Trinajstić information content (AvgIpc) is 3.32. The van der Waals surface area contributed by atoms with Crippen LogP contribution in [0.5, 0.6) is 0 Å². The number of furan rings is 1. The van der Waals surface area contributed by atoms with Gasteiger partial charge in [0, 0.05) is 17.6 Å². The van der Waals surface area contributed by atoms with E-state index in [-0.39, 0.29) is 12.1 Å². The molecule has 1 aliphatic rings. The van der Waals surface area contributed by atoms with E-state index in [1.165, 1.54) is 10.5 Å². The third-order valence-electron chi connectivity index (χ3n) is 5.08. The molecule has 0 saturated carbocycles. The van der Waals surface area contributed by atoms with Gasteiger partial charge in [-0.3, -0.25) is 4.98 Å². The molecule has 0 radical (unpaired) electrons. The van der Waals surface area contributed by atoms with Gasteiger partial charge < -0.3 is 14.6 Å². The van der Waals surface area contributed by atoms with Crippen LogP contribution >= 0.6 is 24.0 Å². The summed E-state index contributed by atoms with van der Waals surface area (Å²) in [6.45, 7) is 5.19. The summed E-state index contributed by atoms with van der Waals surface area (Å²) < 4.78 is 6.31. The number of aryl methyl sites for hydroxylation is 1. The lowest BCUT2D eigenvalue weighted by atomic mass is 10.0. The summed E-state index contributed by atoms with van der Waals surface area (Å²) in [4.78, 5) is 7.99. The van der Waals surface area contributed by atoms with E-state index in [1.807, 2.05) is 24.4 Å². The maximum atomic E-state index is 6.31. The number of nitrogens with zero attached hydrogens (tertiary/aromatic N) is 2. The van der Waals surface area contributed by atoms with Crippen molar-refractivity contribution in [3.8, 4) is 0 Å². The molecule has 1 N–H and O–H groups in total. The Morgan fingerprint density at radius 2 is 1.97 bits per heavy atom. The van der Waals surface area contributed by atoms with Crippen LogP contribution in [-0.2, 0) is 0 Å². The molecular weight excluding hydrogens is 398 g/mol. The van der Waals surface area contributed by atoms with Gasteiger partial charge in [0.25, 0.3) is 0 Å². The van der Waals surface area contributed by atoms with Crippen molar-refractivity contribution >= 4 is 29.1 Å². The molecule has 2 atom stereocenters. The van der Waals surface area contributed by atoms with E-state index in [0.717, 1.165) is 41.0 Å². The Bertz CT molecular complexity index is 956. The molecule has 2 aromatic heterocycles. The molecule has 3 aromatic rings. The Labute approximate surface area is 181 Å². The van der Waals surface area contributed by atoms with E-state index in [1.54, 1.807) is 11.8 Å². The minimum atomic E-state index is -0.0241. The maximum Gasteiger partial charge on any atom is 0.170 e. The summed E-state index contributed by atoms with van der Waals surface area (Å²) in [6, 6.07) is 18.6. The lowest BCUT2D eigenvalue weighted by Crippen LogP contribution is -2.30. The number of thiocarbonyl (C=S) groups is 1. The second-order valence-corrected chi connectivity index (χ2v) is 8.71. The molecule has 0 unspecified atom stereocenters. The first-order valence-electron chi connectivity index (χ1n) is 9.98. The predicted octanol–water partition coefficient (Wildman–Crippen LogP) is 5.91. The van der Waals surface area contributed by atoms with Gasteiger partial charge in [-0.2, -0.15) is 0 Å². The lowest BCUT2D eigenvalue weighted by Gasteiger charge is -2.25. The van der Waals surface area contributed by atoms with E-state index >= 15 is 0 Å². The molecule has 3 heterocycles. The van der Waals surface area contributed by atoms with E-state index < -0.39 is 0 Å². The monoisotopic (exact) mass is 423 g/mol. The molecular formula is C23H25N3OS2. The summed E-state index contributed by atoms with van der Waals surface area (Å²) in [5.41, 5.74) is 2.23. The molecule has 4 rings (SSSR count). The van der Waals surface area contributed by atoms with Crippen molar-refractivity contribution in [3.63, 3.8) is 0 Å². The smallest absolute Gasteiger partial charge is 0.170 e. The zero-order chi connectivity index (χ0) is 20.2. The summed E-state index contributed by atoms with van der Waals surface area (Å²) >= 11 is 7.31. The van der Waals surface area contributed by atoms with Gasteiger partial charge in [0.1, 0.15) is 11.8 Å². The van der Waals surface area contributed by atoms with Gasteiger partial charge in [-0.05, 0) is 62.0 Å². The highest BCUT2D eigenvalue weighted by atomic mass is 32.2. The average molecular weight is 424 g/mol. The molecule has 1 saturated heterocycles. The Hall–Kier alpha value is -2.31. The van der Waals surface area contributed by atoms with Gasteiger partial charge in [0.15, 0.2) is 10.2 Å². The molecule has 1 aliphatic heterocycles. The second kappa shape index (κ2) is 9.01. The summed E-state index contributed by atoms with van der Waals surface area (Å²) in [5, 5.41) is 5.12. The maximum absolute atomic E-state index is 6.31. The van der Waals surface area contributed by atoms with Crippen molar-refractivity contribution in [2.75, 3.05) is 6.54 Å². The molecule has 0 aliphatic carbocycles. The van der Waals surface area contributed by atoms with Gasteiger partial charge in [0.05, 0.1) is 11.7 Å². The number of rotatable bonds is 7. The zero-order valence-electron chi connectivity index (χ0n) is 16.7. The van der Waals surface area contributed by atoms with E-state index in [2.05, 4.69) is 65.4 Å². The molecule has 1 aromatic carbocycles. The summed E-state index contributed by atoms with van der Waals surface area (Å²) in [5.74, 6) is 0.915. The Balaban J connectivity index is 1.62. The third-order valence-corrected chi connectivity index (χ3v) is 6.36. The Morgan fingerprint density at radius 3 is 2.69 bits per heavy atom. The van der Waals surface area contributed by atoms with Crippen molar-refractivity contribution in [2.24, 2.45) is 0 Å². The molecule has 150 valence electrons. The number of hydrogen-bond donors (Lipinski definition) is 1. The highest BCUT2D eigenvalue weighted by molar-refractivity contribution is 7.99. The van der Waals surface area contributed by atoms with Crippen LogP contribution in [0.1, 0.15) is 48.9 Å². The molecule has 1 fully saturated rings. The number of pyridine rings is 1. The van der Waals surface area contributed by atoms with Gasteiger partial charge >= 0.3 is 0 Å². The fourth-order valence-electron chi connectivity index (χ4n) is 3.55. The van der Waals surface area contributed by atoms with Crippen LogP contribution in [0.2, 0.25) is 0 Å². The fraction of sp³-hybridized carbons (Fsp3) is 0.304. The first kappa shape index (κ1) is 20.0. The molecule has 6 heteroatoms. The van der Waals surface area contributed by atoms with Gasteiger partial charge in [0.2, 0.25) is 0 Å². The molecule has 0 spiro atoms. The topological polar surface area (TPSA) is 41.3 Å². The van der Waals surface area contributed by atoms with Crippen molar-refractivity contribution < 1.29 is 4.42 Å².